The number of sulfone groups is 1. The Bertz CT molecular complexity index is 1400. The van der Waals surface area contributed by atoms with Crippen molar-refractivity contribution in [3.63, 3.8) is 0 Å². The van der Waals surface area contributed by atoms with E-state index in [1.165, 1.54) is 6.26 Å². The van der Waals surface area contributed by atoms with Gasteiger partial charge in [0.25, 0.3) is 0 Å². The zero-order valence-electron chi connectivity index (χ0n) is 19.1. The van der Waals surface area contributed by atoms with Gasteiger partial charge in [-0.2, -0.15) is 4.91 Å². The lowest BCUT2D eigenvalue weighted by Crippen LogP contribution is -2.08. The normalized spacial score (nSPS) is 13.2. The molecule has 0 bridgehead atoms. The molecule has 0 spiro atoms. The molecule has 0 fully saturated rings. The van der Waals surface area contributed by atoms with Gasteiger partial charge in [0.1, 0.15) is 6.04 Å². The Balaban J connectivity index is 1.79. The molecule has 2 atom stereocenters. The Morgan fingerprint density at radius 2 is 1.50 bits per heavy atom. The van der Waals surface area contributed by atoms with E-state index in [9.17, 15) is 13.3 Å². The molecule has 4 aromatic rings. The van der Waals surface area contributed by atoms with Crippen LogP contribution < -0.4 is 0 Å². The summed E-state index contributed by atoms with van der Waals surface area (Å²) in [6.45, 7) is 2.07. The fourth-order valence-electron chi connectivity index (χ4n) is 4.31. The Hall–Kier alpha value is -3.64. The van der Waals surface area contributed by atoms with Crippen molar-refractivity contribution in [1.82, 2.24) is 4.98 Å². The second-order valence-electron chi connectivity index (χ2n) is 8.47. The van der Waals surface area contributed by atoms with E-state index in [1.807, 2.05) is 42.5 Å². The van der Waals surface area contributed by atoms with E-state index in [1.54, 1.807) is 30.6 Å². The quantitative estimate of drug-likeness (QED) is 0.276. The molecule has 0 amide bonds. The number of hydrogen-bond donors (Lipinski definition) is 0. The maximum Gasteiger partial charge on any atom is 0.175 e. The van der Waals surface area contributed by atoms with Crippen LogP contribution in [0.3, 0.4) is 0 Å². The highest BCUT2D eigenvalue weighted by Crippen LogP contribution is 2.38. The van der Waals surface area contributed by atoms with Gasteiger partial charge in [-0.1, -0.05) is 65.8 Å². The largest absolute Gasteiger partial charge is 0.265 e. The zero-order chi connectivity index (χ0) is 24.1. The van der Waals surface area contributed by atoms with Gasteiger partial charge in [-0.15, -0.1) is 0 Å². The summed E-state index contributed by atoms with van der Waals surface area (Å²) in [4.78, 5) is 16.2. The number of nitrogens with zero attached hydrogens (tertiary/aromatic N) is 2. The summed E-state index contributed by atoms with van der Waals surface area (Å²) in [5.74, 6) is -0.0740. The number of aromatic nitrogens is 1. The maximum absolute atomic E-state index is 12.1. The van der Waals surface area contributed by atoms with Crippen molar-refractivity contribution in [2.75, 3.05) is 6.26 Å². The highest BCUT2D eigenvalue weighted by Gasteiger charge is 2.23. The maximum atomic E-state index is 12.1. The van der Waals surface area contributed by atoms with Crippen LogP contribution in [-0.2, 0) is 9.84 Å². The first kappa shape index (κ1) is 23.5. The van der Waals surface area contributed by atoms with E-state index in [2.05, 4.69) is 41.4 Å². The summed E-state index contributed by atoms with van der Waals surface area (Å²) < 4.78 is 24.1. The smallest absolute Gasteiger partial charge is 0.175 e. The van der Waals surface area contributed by atoms with Crippen molar-refractivity contribution in [2.24, 2.45) is 5.18 Å². The van der Waals surface area contributed by atoms with Crippen molar-refractivity contribution in [3.8, 4) is 11.1 Å². The van der Waals surface area contributed by atoms with Crippen molar-refractivity contribution in [2.45, 2.75) is 30.2 Å². The summed E-state index contributed by atoms with van der Waals surface area (Å²) in [5, 5.41) is 3.45. The predicted molar refractivity (Wildman–Crippen MR) is 135 cm³/mol. The van der Waals surface area contributed by atoms with Crippen LogP contribution in [0.15, 0.2) is 107 Å². The van der Waals surface area contributed by atoms with Crippen LogP contribution in [0.5, 0.6) is 0 Å². The minimum atomic E-state index is -3.31. The van der Waals surface area contributed by atoms with E-state index in [0.717, 1.165) is 33.4 Å². The van der Waals surface area contributed by atoms with Crippen LogP contribution in [0.2, 0.25) is 0 Å². The molecule has 0 aliphatic rings. The van der Waals surface area contributed by atoms with Gasteiger partial charge in [0.15, 0.2) is 9.84 Å². The van der Waals surface area contributed by atoms with Crippen LogP contribution >= 0.6 is 0 Å². The molecular weight excluding hydrogens is 444 g/mol. The number of pyridine rings is 1. The average molecular weight is 471 g/mol. The molecule has 0 aliphatic heterocycles. The van der Waals surface area contributed by atoms with Gasteiger partial charge in [0, 0.05) is 24.6 Å². The number of hydrogen-bond acceptors (Lipinski definition) is 5. The third kappa shape index (κ3) is 5.29. The van der Waals surface area contributed by atoms with E-state index in [-0.39, 0.29) is 10.8 Å². The molecule has 2 unspecified atom stereocenters. The van der Waals surface area contributed by atoms with Crippen molar-refractivity contribution >= 4 is 9.84 Å². The van der Waals surface area contributed by atoms with Crippen LogP contribution in [0.1, 0.15) is 40.6 Å². The van der Waals surface area contributed by atoms with Crippen LogP contribution in [0.25, 0.3) is 11.1 Å². The van der Waals surface area contributed by atoms with E-state index in [4.69, 9.17) is 0 Å². The Kier molecular flexibility index (Phi) is 6.98. The van der Waals surface area contributed by atoms with Crippen LogP contribution in [0, 0.1) is 11.8 Å². The summed E-state index contributed by atoms with van der Waals surface area (Å²) >= 11 is 0. The van der Waals surface area contributed by atoms with Gasteiger partial charge in [-0.05, 0) is 71.0 Å². The van der Waals surface area contributed by atoms with Gasteiger partial charge >= 0.3 is 0 Å². The predicted octanol–water partition coefficient (Wildman–Crippen LogP) is 6.49. The first-order chi connectivity index (χ1) is 16.4. The first-order valence-corrected chi connectivity index (χ1v) is 12.9. The third-order valence-corrected chi connectivity index (χ3v) is 7.24. The topological polar surface area (TPSA) is 76.5 Å². The fourth-order valence-corrected chi connectivity index (χ4v) is 4.98. The van der Waals surface area contributed by atoms with E-state index >= 15 is 0 Å². The number of aryl methyl sites for hydroxylation is 1. The van der Waals surface area contributed by atoms with Gasteiger partial charge in [0.05, 0.1) is 4.90 Å². The lowest BCUT2D eigenvalue weighted by atomic mass is 9.82. The van der Waals surface area contributed by atoms with Gasteiger partial charge in [-0.3, -0.25) is 4.98 Å². The monoisotopic (exact) mass is 470 g/mol. The lowest BCUT2D eigenvalue weighted by Gasteiger charge is -2.23. The molecule has 0 aliphatic carbocycles. The molecule has 0 saturated heterocycles. The van der Waals surface area contributed by atoms with Gasteiger partial charge in [-0.25, -0.2) is 8.42 Å². The minimum Gasteiger partial charge on any atom is -0.265 e. The van der Waals surface area contributed by atoms with Gasteiger partial charge < -0.3 is 0 Å². The molecule has 0 saturated carbocycles. The fraction of sp³-hybridized carbons (Fsp3) is 0.179. The average Bonchev–Trinajstić information content (AvgIpc) is 2.86. The Morgan fingerprint density at radius 3 is 2.18 bits per heavy atom. The Labute approximate surface area is 200 Å². The summed E-state index contributed by atoms with van der Waals surface area (Å²) in [5.41, 5.74) is 5.89. The molecule has 34 heavy (non-hydrogen) atoms. The van der Waals surface area contributed by atoms with Gasteiger partial charge in [0.2, 0.25) is 0 Å². The SMILES string of the molecule is Cc1ccccc1C(CC(N=O)c1ccncc1)c1cccc(-c2cccc(S(C)(=O)=O)c2)c1. The molecule has 0 N–H and O–H groups in total. The molecule has 1 aromatic heterocycles. The summed E-state index contributed by atoms with van der Waals surface area (Å²) in [7, 11) is -3.31. The zero-order valence-corrected chi connectivity index (χ0v) is 19.9. The summed E-state index contributed by atoms with van der Waals surface area (Å²) in [6.07, 6.45) is 5.06. The lowest BCUT2D eigenvalue weighted by molar-refractivity contribution is 0.592. The standard InChI is InChI=1S/C28H26N2O3S/c1-20-7-3-4-12-26(20)27(19-28(30-31)21-13-15-29-16-14-21)24-10-5-8-22(17-24)23-9-6-11-25(18-23)34(2,32)33/h3-18,27-28H,19H2,1-2H3. The van der Waals surface area contributed by atoms with Crippen LogP contribution in [-0.4, -0.2) is 19.7 Å². The third-order valence-electron chi connectivity index (χ3n) is 6.13. The molecule has 3 aromatic carbocycles. The summed E-state index contributed by atoms with van der Waals surface area (Å²) in [6, 6.07) is 26.3. The molecule has 0 radical (unpaired) electrons. The number of benzene rings is 3. The molecule has 172 valence electrons. The van der Waals surface area contributed by atoms with E-state index in [0.29, 0.717) is 6.42 Å². The van der Waals surface area contributed by atoms with E-state index < -0.39 is 15.9 Å². The Morgan fingerprint density at radius 1 is 0.824 bits per heavy atom. The number of nitroso groups, excluding NO2 is 1. The molecule has 6 heteroatoms. The highest BCUT2D eigenvalue weighted by atomic mass is 32.2. The molecular formula is C28H26N2O3S. The van der Waals surface area contributed by atoms with Crippen LogP contribution in [0.4, 0.5) is 0 Å². The second-order valence-corrected chi connectivity index (χ2v) is 10.5. The first-order valence-electron chi connectivity index (χ1n) is 11.0. The van der Waals surface area contributed by atoms with Crippen molar-refractivity contribution in [1.29, 1.82) is 0 Å². The minimum absolute atomic E-state index is 0.0740. The van der Waals surface area contributed by atoms with Crippen molar-refractivity contribution in [3.05, 3.63) is 124 Å². The highest BCUT2D eigenvalue weighted by molar-refractivity contribution is 7.90. The molecule has 1 heterocycles. The second kappa shape index (κ2) is 10.1. The molecule has 4 rings (SSSR count). The molecule has 5 nitrogen and oxygen atoms in total. The van der Waals surface area contributed by atoms with Crippen molar-refractivity contribution < 1.29 is 8.42 Å². The number of rotatable bonds is 8.